The van der Waals surface area contributed by atoms with Crippen molar-refractivity contribution in [1.29, 1.82) is 15.8 Å². The Kier molecular flexibility index (Phi) is 3.43. The molecule has 1 aromatic heterocycles. The standard InChI is InChI=1S/C11H3N7O3/c12-3-6(4-13)8(5-14)15-7-1-2-9(18(19)20)11-10(7)16-21-17-11/h1-2,15H. The van der Waals surface area contributed by atoms with Crippen LogP contribution < -0.4 is 5.32 Å². The van der Waals surface area contributed by atoms with Crippen LogP contribution in [0.5, 0.6) is 0 Å². The van der Waals surface area contributed by atoms with E-state index in [0.717, 1.165) is 6.07 Å². The van der Waals surface area contributed by atoms with Crippen LogP contribution in [0.2, 0.25) is 0 Å². The monoisotopic (exact) mass is 281 g/mol. The van der Waals surface area contributed by atoms with Gasteiger partial charge in [-0.05, 0) is 16.4 Å². The Morgan fingerprint density at radius 3 is 2.43 bits per heavy atom. The lowest BCUT2D eigenvalue weighted by atomic mass is 10.2. The van der Waals surface area contributed by atoms with Gasteiger partial charge in [-0.1, -0.05) is 0 Å². The van der Waals surface area contributed by atoms with Crippen molar-refractivity contribution in [2.24, 2.45) is 0 Å². The number of fused-ring (bicyclic) bond motifs is 1. The lowest BCUT2D eigenvalue weighted by Crippen LogP contribution is -2.02. The molecule has 100 valence electrons. The van der Waals surface area contributed by atoms with Gasteiger partial charge in [0.05, 0.1) is 10.6 Å². The van der Waals surface area contributed by atoms with Crippen LogP contribution >= 0.6 is 0 Å². The molecule has 0 saturated carbocycles. The van der Waals surface area contributed by atoms with E-state index in [1.165, 1.54) is 6.07 Å². The molecule has 21 heavy (non-hydrogen) atoms. The van der Waals surface area contributed by atoms with E-state index >= 15 is 0 Å². The number of hydrogen-bond donors (Lipinski definition) is 1. The third-order valence-corrected chi connectivity index (χ3v) is 2.44. The van der Waals surface area contributed by atoms with Crippen molar-refractivity contribution in [2.45, 2.75) is 0 Å². The zero-order valence-corrected chi connectivity index (χ0v) is 10.1. The van der Waals surface area contributed by atoms with Crippen LogP contribution in [-0.2, 0) is 0 Å². The summed E-state index contributed by atoms with van der Waals surface area (Å²) >= 11 is 0. The zero-order chi connectivity index (χ0) is 15.4. The first-order chi connectivity index (χ1) is 10.1. The fourth-order valence-electron chi connectivity index (χ4n) is 1.52. The second-order valence-corrected chi connectivity index (χ2v) is 3.56. The second-order valence-electron chi connectivity index (χ2n) is 3.56. The molecule has 0 atom stereocenters. The molecule has 1 heterocycles. The van der Waals surface area contributed by atoms with Gasteiger partial charge in [-0.2, -0.15) is 15.8 Å². The summed E-state index contributed by atoms with van der Waals surface area (Å²) in [6, 6.07) is 7.19. The lowest BCUT2D eigenvalue weighted by molar-refractivity contribution is -0.383. The molecule has 1 aromatic carbocycles. The van der Waals surface area contributed by atoms with E-state index < -0.39 is 10.5 Å². The van der Waals surface area contributed by atoms with Gasteiger partial charge in [0, 0.05) is 6.07 Å². The van der Waals surface area contributed by atoms with Crippen LogP contribution in [0.4, 0.5) is 11.4 Å². The third kappa shape index (κ3) is 2.30. The van der Waals surface area contributed by atoms with Crippen molar-refractivity contribution in [1.82, 2.24) is 10.3 Å². The highest BCUT2D eigenvalue weighted by Crippen LogP contribution is 2.29. The first-order valence-electron chi connectivity index (χ1n) is 5.23. The summed E-state index contributed by atoms with van der Waals surface area (Å²) in [5.41, 5.74) is -1.01. The first kappa shape index (κ1) is 13.5. The number of anilines is 1. The van der Waals surface area contributed by atoms with Gasteiger partial charge >= 0.3 is 5.69 Å². The van der Waals surface area contributed by atoms with Crippen LogP contribution in [0.25, 0.3) is 11.0 Å². The molecule has 0 aliphatic carbocycles. The molecular weight excluding hydrogens is 278 g/mol. The maximum Gasteiger partial charge on any atom is 0.300 e. The molecule has 0 amide bonds. The summed E-state index contributed by atoms with van der Waals surface area (Å²) in [6.45, 7) is 0. The molecule has 1 N–H and O–H groups in total. The van der Waals surface area contributed by atoms with Crippen molar-refractivity contribution in [3.63, 3.8) is 0 Å². The number of rotatable bonds is 3. The van der Waals surface area contributed by atoms with Crippen molar-refractivity contribution in [3.05, 3.63) is 33.5 Å². The van der Waals surface area contributed by atoms with Crippen LogP contribution in [0.1, 0.15) is 0 Å². The number of nitro groups is 1. The molecule has 2 aromatic rings. The minimum absolute atomic E-state index is 0.00665. The molecule has 0 radical (unpaired) electrons. The third-order valence-electron chi connectivity index (χ3n) is 2.44. The van der Waals surface area contributed by atoms with Crippen LogP contribution in [0.3, 0.4) is 0 Å². The quantitative estimate of drug-likeness (QED) is 0.496. The SMILES string of the molecule is N#CC(C#N)=C(C#N)Nc1ccc([N+](=O)[O-])c2nonc12. The Bertz CT molecular complexity index is 875. The maximum absolute atomic E-state index is 10.8. The molecule has 0 spiro atoms. The Labute approximate surface area is 116 Å². The summed E-state index contributed by atoms with van der Waals surface area (Å²) in [5.74, 6) is 0. The number of non-ortho nitro benzene ring substituents is 1. The molecule has 0 fully saturated rings. The molecule has 0 saturated heterocycles. The van der Waals surface area contributed by atoms with Gasteiger partial charge in [0.1, 0.15) is 23.9 Å². The lowest BCUT2D eigenvalue weighted by Gasteiger charge is -2.04. The summed E-state index contributed by atoms with van der Waals surface area (Å²) in [6.07, 6.45) is 0. The van der Waals surface area contributed by atoms with Crippen LogP contribution in [0.15, 0.2) is 28.0 Å². The van der Waals surface area contributed by atoms with Crippen molar-refractivity contribution in [3.8, 4) is 18.2 Å². The van der Waals surface area contributed by atoms with Gasteiger partial charge in [0.25, 0.3) is 0 Å². The number of nitrogens with zero attached hydrogens (tertiary/aromatic N) is 6. The zero-order valence-electron chi connectivity index (χ0n) is 10.1. The molecule has 10 heteroatoms. The summed E-state index contributed by atoms with van der Waals surface area (Å²) < 4.78 is 4.45. The van der Waals surface area contributed by atoms with Crippen LogP contribution in [0, 0.1) is 44.1 Å². The second kappa shape index (κ2) is 5.34. The fourth-order valence-corrected chi connectivity index (χ4v) is 1.52. The number of hydrogen-bond acceptors (Lipinski definition) is 9. The minimum atomic E-state index is -0.659. The Morgan fingerprint density at radius 2 is 1.86 bits per heavy atom. The smallest absolute Gasteiger partial charge is 0.300 e. The van der Waals surface area contributed by atoms with Gasteiger partial charge in [-0.3, -0.25) is 10.1 Å². The highest BCUT2D eigenvalue weighted by atomic mass is 16.6. The highest BCUT2D eigenvalue weighted by Gasteiger charge is 2.20. The van der Waals surface area contributed by atoms with Crippen molar-refractivity contribution < 1.29 is 9.55 Å². The maximum atomic E-state index is 10.8. The fraction of sp³-hybridized carbons (Fsp3) is 0. The summed E-state index contributed by atoms with van der Waals surface area (Å²) in [4.78, 5) is 10.2. The minimum Gasteiger partial charge on any atom is -0.343 e. The largest absolute Gasteiger partial charge is 0.343 e. The molecule has 0 aliphatic heterocycles. The van der Waals surface area contributed by atoms with Crippen LogP contribution in [-0.4, -0.2) is 15.2 Å². The topological polar surface area (TPSA) is 165 Å². The number of nitrogens with one attached hydrogen (secondary N) is 1. The average Bonchev–Trinajstić information content (AvgIpc) is 2.96. The molecule has 0 unspecified atom stereocenters. The molecule has 10 nitrogen and oxygen atoms in total. The number of nitro benzene ring substituents is 1. The van der Waals surface area contributed by atoms with Gasteiger partial charge in [0.2, 0.25) is 5.52 Å². The van der Waals surface area contributed by atoms with E-state index in [1.54, 1.807) is 18.2 Å². The average molecular weight is 281 g/mol. The van der Waals surface area contributed by atoms with Gasteiger partial charge in [-0.15, -0.1) is 0 Å². The van der Waals surface area contributed by atoms with Crippen molar-refractivity contribution >= 4 is 22.4 Å². The van der Waals surface area contributed by atoms with E-state index in [-0.39, 0.29) is 28.1 Å². The number of nitriles is 3. The normalized spacial score (nSPS) is 9.19. The van der Waals surface area contributed by atoms with Gasteiger partial charge in [0.15, 0.2) is 11.1 Å². The molecule has 0 bridgehead atoms. The van der Waals surface area contributed by atoms with E-state index in [1.807, 2.05) is 0 Å². The van der Waals surface area contributed by atoms with E-state index in [9.17, 15) is 10.1 Å². The predicted octanol–water partition coefficient (Wildman–Crippen LogP) is 1.37. The van der Waals surface area contributed by atoms with E-state index in [0.29, 0.717) is 0 Å². The first-order valence-corrected chi connectivity index (χ1v) is 5.23. The Balaban J connectivity index is 2.59. The summed E-state index contributed by atoms with van der Waals surface area (Å²) in [5, 5.41) is 46.7. The predicted molar refractivity (Wildman–Crippen MR) is 65.9 cm³/mol. The number of aromatic nitrogens is 2. The summed E-state index contributed by atoms with van der Waals surface area (Å²) in [7, 11) is 0. The van der Waals surface area contributed by atoms with E-state index in [4.69, 9.17) is 15.8 Å². The Hall–Kier alpha value is -3.97. The Morgan fingerprint density at radius 1 is 1.19 bits per heavy atom. The molecule has 0 aliphatic rings. The van der Waals surface area contributed by atoms with Gasteiger partial charge < -0.3 is 5.32 Å². The highest BCUT2D eigenvalue weighted by molar-refractivity contribution is 5.94. The van der Waals surface area contributed by atoms with Crippen molar-refractivity contribution in [2.75, 3.05) is 5.32 Å². The van der Waals surface area contributed by atoms with Gasteiger partial charge in [-0.25, -0.2) is 4.63 Å². The number of benzene rings is 1. The molecule has 2 rings (SSSR count). The van der Waals surface area contributed by atoms with E-state index in [2.05, 4.69) is 20.3 Å². The number of allylic oxidation sites excluding steroid dienone is 2. The molecular formula is C11H3N7O3.